The summed E-state index contributed by atoms with van der Waals surface area (Å²) in [5, 5.41) is 20.6. The predicted octanol–water partition coefficient (Wildman–Crippen LogP) is 0.802. The van der Waals surface area contributed by atoms with Gasteiger partial charge in [-0.15, -0.1) is 0 Å². The van der Waals surface area contributed by atoms with Crippen molar-refractivity contribution >= 4 is 5.97 Å². The van der Waals surface area contributed by atoms with E-state index in [1.165, 1.54) is 0 Å². The Morgan fingerprint density at radius 2 is 1.95 bits per heavy atom. The predicted molar refractivity (Wildman–Crippen MR) is 72.0 cm³/mol. The summed E-state index contributed by atoms with van der Waals surface area (Å²) in [4.78, 5) is 10.7. The van der Waals surface area contributed by atoms with E-state index in [1.54, 1.807) is 0 Å². The van der Waals surface area contributed by atoms with Gasteiger partial charge in [-0.2, -0.15) is 0 Å². The molecule has 5 nitrogen and oxygen atoms in total. The van der Waals surface area contributed by atoms with Crippen LogP contribution in [-0.4, -0.2) is 42.5 Å². The van der Waals surface area contributed by atoms with Crippen LogP contribution in [0.15, 0.2) is 24.3 Å². The van der Waals surface area contributed by atoms with Gasteiger partial charge < -0.3 is 20.3 Å². The zero-order chi connectivity index (χ0) is 13.9. The van der Waals surface area contributed by atoms with Gasteiger partial charge in [0.2, 0.25) is 0 Å². The van der Waals surface area contributed by atoms with E-state index in [0.29, 0.717) is 19.8 Å². The fraction of sp³-hybridized carbons (Fsp3) is 0.500. The second kappa shape index (κ2) is 9.49. The molecule has 0 aliphatic carbocycles. The number of aliphatic carboxylic acids is 1. The lowest BCUT2D eigenvalue weighted by atomic mass is 10.0. The van der Waals surface area contributed by atoms with Crippen molar-refractivity contribution in [2.45, 2.75) is 19.4 Å². The van der Waals surface area contributed by atoms with Gasteiger partial charge in [0.1, 0.15) is 0 Å². The van der Waals surface area contributed by atoms with E-state index >= 15 is 0 Å². The summed E-state index contributed by atoms with van der Waals surface area (Å²) in [5.41, 5.74) is 1.86. The summed E-state index contributed by atoms with van der Waals surface area (Å²) in [7, 11) is 0. The second-order valence-electron chi connectivity index (χ2n) is 4.21. The number of hydrogen-bond donors (Lipinski definition) is 3. The molecule has 0 fully saturated rings. The molecule has 1 aromatic rings. The Bertz CT molecular complexity index is 381. The molecular formula is C14H21NO4. The van der Waals surface area contributed by atoms with Gasteiger partial charge in [-0.05, 0) is 24.1 Å². The van der Waals surface area contributed by atoms with Gasteiger partial charge >= 0.3 is 5.97 Å². The third kappa shape index (κ3) is 6.91. The van der Waals surface area contributed by atoms with E-state index in [4.69, 9.17) is 14.9 Å². The molecule has 0 bridgehead atoms. The maximum atomic E-state index is 10.7. The molecule has 0 atom stereocenters. The van der Waals surface area contributed by atoms with Crippen LogP contribution in [-0.2, 0) is 22.5 Å². The van der Waals surface area contributed by atoms with Gasteiger partial charge in [-0.25, -0.2) is 0 Å². The summed E-state index contributed by atoms with van der Waals surface area (Å²) < 4.78 is 5.14. The van der Waals surface area contributed by atoms with Crippen LogP contribution in [0.5, 0.6) is 0 Å². The molecule has 0 aromatic heterocycles. The van der Waals surface area contributed by atoms with Crippen LogP contribution in [0, 0.1) is 0 Å². The van der Waals surface area contributed by atoms with Crippen LogP contribution in [0.4, 0.5) is 0 Å². The Morgan fingerprint density at radius 1 is 1.21 bits per heavy atom. The third-order valence-corrected chi connectivity index (χ3v) is 2.65. The van der Waals surface area contributed by atoms with E-state index in [2.05, 4.69) is 5.32 Å². The minimum atomic E-state index is -0.815. The van der Waals surface area contributed by atoms with Crippen LogP contribution < -0.4 is 5.32 Å². The van der Waals surface area contributed by atoms with Gasteiger partial charge in [0.05, 0.1) is 19.6 Å². The van der Waals surface area contributed by atoms with Crippen molar-refractivity contribution in [1.29, 1.82) is 0 Å². The largest absolute Gasteiger partial charge is 0.481 e. The molecule has 0 spiro atoms. The minimum Gasteiger partial charge on any atom is -0.481 e. The highest BCUT2D eigenvalue weighted by Gasteiger charge is 2.05. The zero-order valence-electron chi connectivity index (χ0n) is 11.0. The summed E-state index contributed by atoms with van der Waals surface area (Å²) >= 11 is 0. The summed E-state index contributed by atoms with van der Waals surface area (Å²) in [6, 6.07) is 7.54. The smallest absolute Gasteiger partial charge is 0.307 e. The topological polar surface area (TPSA) is 78.8 Å². The number of carbonyl (C=O) groups is 1. The molecule has 0 heterocycles. The van der Waals surface area contributed by atoms with Crippen molar-refractivity contribution in [3.05, 3.63) is 35.4 Å². The van der Waals surface area contributed by atoms with Crippen LogP contribution in [0.25, 0.3) is 0 Å². The van der Waals surface area contributed by atoms with Crippen molar-refractivity contribution < 1.29 is 19.7 Å². The van der Waals surface area contributed by atoms with Gasteiger partial charge in [0.15, 0.2) is 0 Å². The lowest BCUT2D eigenvalue weighted by Crippen LogP contribution is -2.18. The van der Waals surface area contributed by atoms with Crippen molar-refractivity contribution in [3.63, 3.8) is 0 Å². The maximum absolute atomic E-state index is 10.7. The number of hydrogen-bond acceptors (Lipinski definition) is 4. The first-order valence-electron chi connectivity index (χ1n) is 6.42. The number of ether oxygens (including phenoxy) is 1. The van der Waals surface area contributed by atoms with Crippen molar-refractivity contribution in [3.8, 4) is 0 Å². The fourth-order valence-electron chi connectivity index (χ4n) is 1.75. The molecule has 0 amide bonds. The highest BCUT2D eigenvalue weighted by atomic mass is 16.5. The Morgan fingerprint density at radius 3 is 2.63 bits per heavy atom. The quantitative estimate of drug-likeness (QED) is 0.547. The molecule has 0 aliphatic rings. The number of nitrogens with one attached hydrogen (secondary N) is 1. The van der Waals surface area contributed by atoms with Crippen molar-refractivity contribution in [2.75, 3.05) is 26.4 Å². The molecule has 0 saturated carbocycles. The number of aliphatic hydroxyl groups is 1. The first kappa shape index (κ1) is 15.6. The lowest BCUT2D eigenvalue weighted by Gasteiger charge is -2.09. The Labute approximate surface area is 113 Å². The molecule has 0 unspecified atom stereocenters. The van der Waals surface area contributed by atoms with Crippen LogP contribution >= 0.6 is 0 Å². The van der Waals surface area contributed by atoms with E-state index in [1.807, 2.05) is 24.3 Å². The third-order valence-electron chi connectivity index (χ3n) is 2.65. The summed E-state index contributed by atoms with van der Waals surface area (Å²) in [6.45, 7) is 2.50. The molecule has 1 aromatic carbocycles. The number of carboxylic acid groups (broad SMARTS) is 1. The Hall–Kier alpha value is -1.43. The molecule has 0 radical (unpaired) electrons. The van der Waals surface area contributed by atoms with Crippen LogP contribution in [0.3, 0.4) is 0 Å². The standard InChI is InChI=1S/C14H21NO4/c16-7-9-19-8-3-6-15-11-13-5-2-1-4-12(13)10-14(17)18/h1-2,4-5,15-16H,3,6-11H2,(H,17,18). The molecule has 3 N–H and O–H groups in total. The van der Waals surface area contributed by atoms with Gasteiger partial charge in [-0.3, -0.25) is 4.79 Å². The molecule has 1 rings (SSSR count). The number of rotatable bonds is 10. The Kier molecular flexibility index (Phi) is 7.81. The second-order valence-corrected chi connectivity index (χ2v) is 4.21. The SMILES string of the molecule is O=C(O)Cc1ccccc1CNCCCOCCO. The number of carboxylic acids is 1. The van der Waals surface area contributed by atoms with Gasteiger partial charge in [0.25, 0.3) is 0 Å². The highest BCUT2D eigenvalue weighted by molar-refractivity contribution is 5.70. The van der Waals surface area contributed by atoms with Crippen molar-refractivity contribution in [2.24, 2.45) is 0 Å². The summed E-state index contributed by atoms with van der Waals surface area (Å²) in [5.74, 6) is -0.815. The lowest BCUT2D eigenvalue weighted by molar-refractivity contribution is -0.136. The van der Waals surface area contributed by atoms with Crippen LogP contribution in [0.2, 0.25) is 0 Å². The number of aliphatic hydroxyl groups excluding tert-OH is 1. The highest BCUT2D eigenvalue weighted by Crippen LogP contribution is 2.09. The molecule has 0 saturated heterocycles. The van der Waals surface area contributed by atoms with E-state index in [0.717, 1.165) is 24.1 Å². The van der Waals surface area contributed by atoms with Gasteiger partial charge in [0, 0.05) is 13.2 Å². The fourth-order valence-corrected chi connectivity index (χ4v) is 1.75. The van der Waals surface area contributed by atoms with E-state index in [9.17, 15) is 4.79 Å². The Balaban J connectivity index is 2.26. The molecule has 106 valence electrons. The molecule has 19 heavy (non-hydrogen) atoms. The maximum Gasteiger partial charge on any atom is 0.307 e. The van der Waals surface area contributed by atoms with Crippen molar-refractivity contribution in [1.82, 2.24) is 5.32 Å². The average Bonchev–Trinajstić information content (AvgIpc) is 2.39. The molecule has 0 aliphatic heterocycles. The molecular weight excluding hydrogens is 246 g/mol. The summed E-state index contributed by atoms with van der Waals surface area (Å²) in [6.07, 6.45) is 0.915. The van der Waals surface area contributed by atoms with E-state index in [-0.39, 0.29) is 13.0 Å². The minimum absolute atomic E-state index is 0.0516. The molecule has 5 heteroatoms. The first-order valence-corrected chi connectivity index (χ1v) is 6.42. The van der Waals surface area contributed by atoms with Gasteiger partial charge in [-0.1, -0.05) is 24.3 Å². The van der Waals surface area contributed by atoms with E-state index < -0.39 is 5.97 Å². The monoisotopic (exact) mass is 267 g/mol. The normalized spacial score (nSPS) is 10.6. The average molecular weight is 267 g/mol. The number of benzene rings is 1. The zero-order valence-corrected chi connectivity index (χ0v) is 11.0. The van der Waals surface area contributed by atoms with Crippen LogP contribution in [0.1, 0.15) is 17.5 Å². The first-order chi connectivity index (χ1) is 9.24.